The van der Waals surface area contributed by atoms with Crippen LogP contribution in [0.1, 0.15) is 35.0 Å². The third-order valence-corrected chi connectivity index (χ3v) is 5.96. The molecule has 0 saturated carbocycles. The summed E-state index contributed by atoms with van der Waals surface area (Å²) in [6, 6.07) is 11.3. The first kappa shape index (κ1) is 19.0. The Labute approximate surface area is 177 Å². The summed E-state index contributed by atoms with van der Waals surface area (Å²) in [5.74, 6) is 1.97. The largest absolute Gasteiger partial charge is 0.493 e. The van der Waals surface area contributed by atoms with E-state index in [1.54, 1.807) is 20.3 Å². The molecule has 28 heavy (non-hydrogen) atoms. The van der Waals surface area contributed by atoms with Gasteiger partial charge >= 0.3 is 0 Å². The molecule has 0 radical (unpaired) electrons. The van der Waals surface area contributed by atoms with Gasteiger partial charge in [-0.2, -0.15) is 0 Å². The van der Waals surface area contributed by atoms with Crippen LogP contribution in [0.5, 0.6) is 11.5 Å². The van der Waals surface area contributed by atoms with Gasteiger partial charge in [-0.05, 0) is 59.7 Å². The van der Waals surface area contributed by atoms with E-state index in [0.29, 0.717) is 29.5 Å². The highest BCUT2D eigenvalue weighted by Crippen LogP contribution is 2.34. The third-order valence-electron chi connectivity index (χ3n) is 5.07. The molecule has 3 aromatic rings. The van der Waals surface area contributed by atoms with Crippen molar-refractivity contribution in [3.8, 4) is 11.5 Å². The zero-order chi connectivity index (χ0) is 19.7. The number of carbonyl (C=O) groups excluding carboxylic acids is 1. The zero-order valence-electron chi connectivity index (χ0n) is 15.8. The number of benzene rings is 2. The predicted molar refractivity (Wildman–Crippen MR) is 114 cm³/mol. The first-order valence-corrected chi connectivity index (χ1v) is 10.2. The number of para-hydroxylation sites is 2. The SMILES string of the molecule is COc1cc(I)c(C(=O)N2CCCC(c3nc4ccccc4o3)C2)cc1OC. The highest BCUT2D eigenvalue weighted by Gasteiger charge is 2.30. The highest BCUT2D eigenvalue weighted by molar-refractivity contribution is 14.1. The molecule has 2 aromatic carbocycles. The molecule has 0 bridgehead atoms. The maximum absolute atomic E-state index is 13.2. The fraction of sp³-hybridized carbons (Fsp3) is 0.333. The lowest BCUT2D eigenvalue weighted by atomic mass is 9.97. The minimum Gasteiger partial charge on any atom is -0.493 e. The minimum absolute atomic E-state index is 0.00818. The number of nitrogens with zero attached hydrogens (tertiary/aromatic N) is 2. The average molecular weight is 492 g/mol. The Hall–Kier alpha value is -2.29. The van der Waals surface area contributed by atoms with E-state index in [-0.39, 0.29) is 11.8 Å². The van der Waals surface area contributed by atoms with E-state index >= 15 is 0 Å². The molecule has 7 heteroatoms. The van der Waals surface area contributed by atoms with E-state index in [1.165, 1.54) is 0 Å². The van der Waals surface area contributed by atoms with Crippen molar-refractivity contribution in [1.82, 2.24) is 9.88 Å². The lowest BCUT2D eigenvalue weighted by molar-refractivity contribution is 0.0697. The van der Waals surface area contributed by atoms with Gasteiger partial charge in [0.05, 0.1) is 25.7 Å². The van der Waals surface area contributed by atoms with Crippen LogP contribution in [0.15, 0.2) is 40.8 Å². The lowest BCUT2D eigenvalue weighted by Gasteiger charge is -2.31. The first-order chi connectivity index (χ1) is 13.6. The van der Waals surface area contributed by atoms with E-state index < -0.39 is 0 Å². The Morgan fingerprint density at radius 3 is 2.71 bits per heavy atom. The van der Waals surface area contributed by atoms with E-state index in [0.717, 1.165) is 34.1 Å². The average Bonchev–Trinajstić information content (AvgIpc) is 3.17. The van der Waals surface area contributed by atoms with Gasteiger partial charge in [0, 0.05) is 16.7 Å². The second kappa shape index (κ2) is 7.98. The van der Waals surface area contributed by atoms with Crippen LogP contribution in [0.4, 0.5) is 0 Å². The van der Waals surface area contributed by atoms with Gasteiger partial charge in [-0.1, -0.05) is 12.1 Å². The molecule has 1 aliphatic rings. The maximum Gasteiger partial charge on any atom is 0.255 e. The minimum atomic E-state index is -0.00818. The Morgan fingerprint density at radius 2 is 1.96 bits per heavy atom. The number of oxazole rings is 1. The Bertz CT molecular complexity index is 984. The summed E-state index contributed by atoms with van der Waals surface area (Å²) in [5, 5.41) is 0. The molecule has 4 rings (SSSR count). The monoisotopic (exact) mass is 492 g/mol. The number of carbonyl (C=O) groups is 1. The van der Waals surface area contributed by atoms with E-state index in [1.807, 2.05) is 35.2 Å². The van der Waals surface area contributed by atoms with Crippen LogP contribution in [0.2, 0.25) is 0 Å². The van der Waals surface area contributed by atoms with Crippen molar-refractivity contribution >= 4 is 39.6 Å². The molecule has 1 saturated heterocycles. The number of methoxy groups -OCH3 is 2. The van der Waals surface area contributed by atoms with E-state index in [4.69, 9.17) is 13.9 Å². The van der Waals surface area contributed by atoms with Gasteiger partial charge in [0.15, 0.2) is 23.0 Å². The normalized spacial score (nSPS) is 17.0. The molecule has 0 aliphatic carbocycles. The summed E-state index contributed by atoms with van der Waals surface area (Å²) < 4.78 is 17.5. The molecule has 1 fully saturated rings. The van der Waals surface area contributed by atoms with Crippen LogP contribution in [0.3, 0.4) is 0 Å². The maximum atomic E-state index is 13.2. The molecule has 1 amide bonds. The van der Waals surface area contributed by atoms with Gasteiger partial charge in [0.1, 0.15) is 5.52 Å². The summed E-state index contributed by atoms with van der Waals surface area (Å²) in [5.41, 5.74) is 2.27. The van der Waals surface area contributed by atoms with Crippen molar-refractivity contribution < 1.29 is 18.7 Å². The number of hydrogen-bond acceptors (Lipinski definition) is 5. The molecular formula is C21H21IN2O4. The molecule has 1 aromatic heterocycles. The molecule has 0 N–H and O–H groups in total. The molecule has 146 valence electrons. The van der Waals surface area contributed by atoms with Crippen molar-refractivity contribution in [3.63, 3.8) is 0 Å². The third kappa shape index (κ3) is 3.55. The van der Waals surface area contributed by atoms with Gasteiger partial charge in [0.2, 0.25) is 0 Å². The Kier molecular flexibility index (Phi) is 5.43. The lowest BCUT2D eigenvalue weighted by Crippen LogP contribution is -2.39. The van der Waals surface area contributed by atoms with Crippen molar-refractivity contribution in [2.75, 3.05) is 27.3 Å². The van der Waals surface area contributed by atoms with Crippen molar-refractivity contribution in [1.29, 1.82) is 0 Å². The Morgan fingerprint density at radius 1 is 1.21 bits per heavy atom. The van der Waals surface area contributed by atoms with Gasteiger partial charge < -0.3 is 18.8 Å². The van der Waals surface area contributed by atoms with Crippen LogP contribution in [-0.2, 0) is 0 Å². The quantitative estimate of drug-likeness (QED) is 0.503. The fourth-order valence-electron chi connectivity index (χ4n) is 3.62. The number of hydrogen-bond donors (Lipinski definition) is 0. The van der Waals surface area contributed by atoms with Gasteiger partial charge in [0.25, 0.3) is 5.91 Å². The smallest absolute Gasteiger partial charge is 0.255 e. The van der Waals surface area contributed by atoms with Gasteiger partial charge in [-0.3, -0.25) is 4.79 Å². The number of rotatable bonds is 4. The van der Waals surface area contributed by atoms with Crippen LogP contribution in [0.25, 0.3) is 11.1 Å². The molecule has 0 spiro atoms. The summed E-state index contributed by atoms with van der Waals surface area (Å²) in [7, 11) is 3.16. The van der Waals surface area contributed by atoms with E-state index in [2.05, 4.69) is 27.6 Å². The molecule has 1 aliphatic heterocycles. The van der Waals surface area contributed by atoms with Crippen LogP contribution in [-0.4, -0.2) is 43.1 Å². The highest BCUT2D eigenvalue weighted by atomic mass is 127. The first-order valence-electron chi connectivity index (χ1n) is 9.17. The molecular weight excluding hydrogens is 471 g/mol. The molecule has 1 unspecified atom stereocenters. The summed E-state index contributed by atoms with van der Waals surface area (Å²) in [6.07, 6.45) is 1.87. The number of aromatic nitrogens is 1. The number of ether oxygens (including phenoxy) is 2. The number of fused-ring (bicyclic) bond motifs is 1. The summed E-state index contributed by atoms with van der Waals surface area (Å²) in [4.78, 5) is 19.7. The van der Waals surface area contributed by atoms with Crippen molar-refractivity contribution in [2.45, 2.75) is 18.8 Å². The second-order valence-electron chi connectivity index (χ2n) is 6.80. The molecule has 1 atom stereocenters. The number of piperidine rings is 1. The Balaban J connectivity index is 1.58. The van der Waals surface area contributed by atoms with E-state index in [9.17, 15) is 4.79 Å². The molecule has 6 nitrogen and oxygen atoms in total. The van der Waals surface area contributed by atoms with Crippen molar-refractivity contribution in [2.24, 2.45) is 0 Å². The summed E-state index contributed by atoms with van der Waals surface area (Å²) >= 11 is 2.17. The predicted octanol–water partition coefficient (Wildman–Crippen LogP) is 4.47. The summed E-state index contributed by atoms with van der Waals surface area (Å²) in [6.45, 7) is 1.32. The van der Waals surface area contributed by atoms with Crippen LogP contribution >= 0.6 is 22.6 Å². The fourth-order valence-corrected chi connectivity index (χ4v) is 4.29. The standard InChI is InChI=1S/C21H21IN2O4/c1-26-18-10-14(15(22)11-19(18)27-2)21(25)24-9-5-6-13(12-24)20-23-16-7-3-4-8-17(16)28-20/h3-4,7-8,10-11,13H,5-6,9,12H2,1-2H3. The number of amides is 1. The zero-order valence-corrected chi connectivity index (χ0v) is 17.9. The topological polar surface area (TPSA) is 64.8 Å². The van der Waals surface area contributed by atoms with Gasteiger partial charge in [-0.15, -0.1) is 0 Å². The van der Waals surface area contributed by atoms with Crippen LogP contribution < -0.4 is 9.47 Å². The van der Waals surface area contributed by atoms with Gasteiger partial charge in [-0.25, -0.2) is 4.98 Å². The molecule has 2 heterocycles. The number of halogens is 1. The van der Waals surface area contributed by atoms with Crippen LogP contribution in [0, 0.1) is 3.57 Å². The number of likely N-dealkylation sites (tertiary alicyclic amines) is 1. The second-order valence-corrected chi connectivity index (χ2v) is 7.96. The van der Waals surface area contributed by atoms with Crippen molar-refractivity contribution in [3.05, 3.63) is 51.4 Å².